The fourth-order valence-corrected chi connectivity index (χ4v) is 1.13. The van der Waals surface area contributed by atoms with E-state index in [0.29, 0.717) is 6.54 Å². The summed E-state index contributed by atoms with van der Waals surface area (Å²) in [6.45, 7) is 6.01. The van der Waals surface area contributed by atoms with Crippen LogP contribution in [0.2, 0.25) is 0 Å². The van der Waals surface area contributed by atoms with Gasteiger partial charge in [0.2, 0.25) is 5.91 Å². The molecule has 13 heavy (non-hydrogen) atoms. The number of ether oxygens (including phenoxy) is 1. The maximum absolute atomic E-state index is 11.6. The van der Waals surface area contributed by atoms with Crippen molar-refractivity contribution in [1.29, 1.82) is 0 Å². The molecule has 0 spiro atoms. The van der Waals surface area contributed by atoms with Gasteiger partial charge in [0.05, 0.1) is 13.7 Å². The minimum atomic E-state index is -0.414. The summed E-state index contributed by atoms with van der Waals surface area (Å²) in [7, 11) is 1.33. The van der Waals surface area contributed by atoms with E-state index in [0.717, 1.165) is 0 Å². The van der Waals surface area contributed by atoms with Crippen molar-refractivity contribution in [2.75, 3.05) is 13.7 Å². The Kier molecular flexibility index (Phi) is 2.32. The van der Waals surface area contributed by atoms with E-state index in [1.54, 1.807) is 0 Å². The van der Waals surface area contributed by atoms with E-state index in [2.05, 4.69) is 4.74 Å². The van der Waals surface area contributed by atoms with Gasteiger partial charge in [-0.3, -0.25) is 4.79 Å². The van der Waals surface area contributed by atoms with Crippen LogP contribution in [0.4, 0.5) is 0 Å². The van der Waals surface area contributed by atoms with Gasteiger partial charge in [-0.05, 0) is 0 Å². The molecule has 1 aliphatic heterocycles. The molecule has 0 N–H and O–H groups in total. The smallest absolute Gasteiger partial charge is 0.330 e. The van der Waals surface area contributed by atoms with Crippen molar-refractivity contribution in [3.05, 3.63) is 0 Å². The monoisotopic (exact) mass is 185 g/mol. The first-order valence-electron chi connectivity index (χ1n) is 4.27. The van der Waals surface area contributed by atoms with Gasteiger partial charge in [-0.15, -0.1) is 0 Å². The van der Waals surface area contributed by atoms with Gasteiger partial charge in [0.15, 0.2) is 0 Å². The van der Waals surface area contributed by atoms with E-state index in [9.17, 15) is 9.59 Å². The lowest BCUT2D eigenvalue weighted by molar-refractivity contribution is -0.144. The van der Waals surface area contributed by atoms with Crippen molar-refractivity contribution in [2.45, 2.75) is 26.8 Å². The molecule has 0 aliphatic carbocycles. The zero-order chi connectivity index (χ0) is 10.2. The van der Waals surface area contributed by atoms with E-state index < -0.39 is 5.41 Å². The van der Waals surface area contributed by atoms with Crippen molar-refractivity contribution in [3.63, 3.8) is 0 Å². The number of hydrogen-bond acceptors (Lipinski definition) is 3. The van der Waals surface area contributed by atoms with Gasteiger partial charge in [0.25, 0.3) is 0 Å². The van der Waals surface area contributed by atoms with Crippen molar-refractivity contribution in [2.24, 2.45) is 5.41 Å². The number of methoxy groups -OCH3 is 1. The van der Waals surface area contributed by atoms with E-state index in [1.165, 1.54) is 12.0 Å². The van der Waals surface area contributed by atoms with Crippen molar-refractivity contribution in [1.82, 2.24) is 4.90 Å². The molecule has 0 aromatic rings. The highest BCUT2D eigenvalue weighted by atomic mass is 16.5. The van der Waals surface area contributed by atoms with Gasteiger partial charge in [-0.2, -0.15) is 0 Å². The lowest BCUT2D eigenvalue weighted by atomic mass is 9.96. The average Bonchev–Trinajstić information content (AvgIpc) is 2.79. The van der Waals surface area contributed by atoms with Gasteiger partial charge in [0.1, 0.15) is 6.04 Å². The Labute approximate surface area is 77.8 Å². The summed E-state index contributed by atoms with van der Waals surface area (Å²) in [4.78, 5) is 24.1. The first-order chi connectivity index (χ1) is 5.88. The third-order valence-corrected chi connectivity index (χ3v) is 1.99. The number of hydrogen-bond donors (Lipinski definition) is 0. The largest absolute Gasteiger partial charge is 0.467 e. The molecular formula is C9H15NO3. The zero-order valence-electron chi connectivity index (χ0n) is 8.46. The lowest BCUT2D eigenvalue weighted by Crippen LogP contribution is -2.30. The molecule has 1 saturated heterocycles. The van der Waals surface area contributed by atoms with Crippen LogP contribution in [0.25, 0.3) is 0 Å². The SMILES string of the molecule is COC(=O)C1CN1C(=O)C(C)(C)C. The number of carbonyl (C=O) groups excluding carboxylic acids is 2. The fourth-order valence-electron chi connectivity index (χ4n) is 1.13. The van der Waals surface area contributed by atoms with Crippen LogP contribution in [-0.4, -0.2) is 36.5 Å². The Hall–Kier alpha value is -1.06. The van der Waals surface area contributed by atoms with Gasteiger partial charge < -0.3 is 9.64 Å². The fraction of sp³-hybridized carbons (Fsp3) is 0.778. The zero-order valence-corrected chi connectivity index (χ0v) is 8.46. The number of carbonyl (C=O) groups is 2. The maximum Gasteiger partial charge on any atom is 0.330 e. The van der Waals surface area contributed by atoms with Crippen molar-refractivity contribution >= 4 is 11.9 Å². The minimum Gasteiger partial charge on any atom is -0.467 e. The first-order valence-corrected chi connectivity index (χ1v) is 4.27. The molecule has 4 nitrogen and oxygen atoms in total. The minimum absolute atomic E-state index is 0.00269. The highest BCUT2D eigenvalue weighted by molar-refractivity contribution is 5.92. The molecule has 1 amide bonds. The summed E-state index contributed by atoms with van der Waals surface area (Å²) in [6.07, 6.45) is 0. The summed E-state index contributed by atoms with van der Waals surface area (Å²) in [5.74, 6) is -0.319. The number of rotatable bonds is 1. The standard InChI is InChI=1S/C9H15NO3/c1-9(2,3)8(12)10-5-6(10)7(11)13-4/h6H,5H2,1-4H3. The average molecular weight is 185 g/mol. The van der Waals surface area contributed by atoms with E-state index >= 15 is 0 Å². The van der Waals surface area contributed by atoms with Crippen LogP contribution in [0.15, 0.2) is 0 Å². The lowest BCUT2D eigenvalue weighted by Gasteiger charge is -2.17. The van der Waals surface area contributed by atoms with E-state index in [-0.39, 0.29) is 17.9 Å². The van der Waals surface area contributed by atoms with E-state index in [4.69, 9.17) is 0 Å². The second-order valence-corrected chi connectivity index (χ2v) is 4.25. The molecule has 0 bridgehead atoms. The van der Waals surface area contributed by atoms with Gasteiger partial charge >= 0.3 is 5.97 Å². The first kappa shape index (κ1) is 10.0. The highest BCUT2D eigenvalue weighted by Gasteiger charge is 2.47. The number of nitrogens with zero attached hydrogens (tertiary/aromatic N) is 1. The number of esters is 1. The van der Waals surface area contributed by atoms with Crippen molar-refractivity contribution in [3.8, 4) is 0 Å². The van der Waals surface area contributed by atoms with Gasteiger partial charge in [0, 0.05) is 5.41 Å². The molecule has 1 fully saturated rings. The molecule has 74 valence electrons. The Balaban J connectivity index is 2.52. The topological polar surface area (TPSA) is 46.4 Å². The normalized spacial score (nSPS) is 21.2. The second kappa shape index (κ2) is 3.01. The predicted octanol–water partition coefficient (Wildman–Crippen LogP) is 0.416. The van der Waals surface area contributed by atoms with Crippen LogP contribution < -0.4 is 0 Å². The summed E-state index contributed by atoms with van der Waals surface area (Å²) < 4.78 is 4.53. The second-order valence-electron chi connectivity index (χ2n) is 4.25. The molecule has 0 aromatic carbocycles. The predicted molar refractivity (Wildman–Crippen MR) is 47.0 cm³/mol. The molecule has 0 radical (unpaired) electrons. The molecule has 1 atom stereocenters. The quantitative estimate of drug-likeness (QED) is 0.439. The van der Waals surface area contributed by atoms with Crippen LogP contribution >= 0.6 is 0 Å². The Bertz CT molecular complexity index is 242. The summed E-state index contributed by atoms with van der Waals surface area (Å²) in [5.41, 5.74) is -0.414. The van der Waals surface area contributed by atoms with Crippen LogP contribution in [0.5, 0.6) is 0 Å². The van der Waals surface area contributed by atoms with Crippen LogP contribution in [0.1, 0.15) is 20.8 Å². The molecule has 1 rings (SSSR count). The third-order valence-electron chi connectivity index (χ3n) is 1.99. The van der Waals surface area contributed by atoms with Gasteiger partial charge in [-0.1, -0.05) is 20.8 Å². The van der Waals surface area contributed by atoms with Gasteiger partial charge in [-0.25, -0.2) is 4.79 Å². The van der Waals surface area contributed by atoms with Crippen LogP contribution in [0.3, 0.4) is 0 Å². The molecule has 1 unspecified atom stereocenters. The third kappa shape index (κ3) is 1.99. The maximum atomic E-state index is 11.6. The Morgan fingerprint density at radius 2 is 1.92 bits per heavy atom. The molecule has 1 aliphatic rings. The Morgan fingerprint density at radius 3 is 2.31 bits per heavy atom. The molecule has 4 heteroatoms. The highest BCUT2D eigenvalue weighted by Crippen LogP contribution is 2.27. The molecule has 1 heterocycles. The summed E-state index contributed by atoms with van der Waals surface area (Å²) >= 11 is 0. The number of amides is 1. The van der Waals surface area contributed by atoms with Crippen molar-refractivity contribution < 1.29 is 14.3 Å². The molecule has 0 saturated carbocycles. The molecular weight excluding hydrogens is 170 g/mol. The summed E-state index contributed by atoms with van der Waals surface area (Å²) in [5, 5.41) is 0. The Morgan fingerprint density at radius 1 is 1.38 bits per heavy atom. The summed E-state index contributed by atoms with van der Waals surface area (Å²) in [6, 6.07) is -0.336. The van der Waals surface area contributed by atoms with Crippen LogP contribution in [-0.2, 0) is 14.3 Å². The van der Waals surface area contributed by atoms with Crippen LogP contribution in [0, 0.1) is 5.41 Å². The van der Waals surface area contributed by atoms with E-state index in [1.807, 2.05) is 20.8 Å². The molecule has 0 aromatic heterocycles.